The fraction of sp³-hybridized carbons (Fsp3) is 0.600. The molecule has 1 unspecified atom stereocenters. The van der Waals surface area contributed by atoms with Crippen molar-refractivity contribution in [1.82, 2.24) is 10.2 Å². The molecule has 0 bridgehead atoms. The van der Waals surface area contributed by atoms with Crippen molar-refractivity contribution in [2.24, 2.45) is 0 Å². The van der Waals surface area contributed by atoms with Crippen LogP contribution in [0.5, 0.6) is 0 Å². The second-order valence-electron chi connectivity index (χ2n) is 5.46. The second-order valence-corrected chi connectivity index (χ2v) is 5.46. The first-order valence-corrected chi connectivity index (χ1v) is 6.92. The number of nitrogens with zero attached hydrogens (tertiary/aromatic N) is 1. The van der Waals surface area contributed by atoms with Crippen molar-refractivity contribution in [3.05, 3.63) is 35.9 Å². The molecule has 92 valence electrons. The zero-order valence-corrected chi connectivity index (χ0v) is 10.4. The van der Waals surface area contributed by atoms with Crippen LogP contribution in [0.1, 0.15) is 24.8 Å². The van der Waals surface area contributed by atoms with Gasteiger partial charge in [-0.3, -0.25) is 0 Å². The topological polar surface area (TPSA) is 15.3 Å². The van der Waals surface area contributed by atoms with Crippen LogP contribution >= 0.6 is 0 Å². The molecular formula is C15H22N2. The highest BCUT2D eigenvalue weighted by Crippen LogP contribution is 2.22. The van der Waals surface area contributed by atoms with Crippen molar-refractivity contribution < 1.29 is 0 Å². The Bertz CT molecular complexity index is 345. The summed E-state index contributed by atoms with van der Waals surface area (Å²) in [6.45, 7) is 3.74. The molecule has 2 nitrogen and oxygen atoms in total. The highest BCUT2D eigenvalue weighted by molar-refractivity contribution is 5.14. The first-order valence-electron chi connectivity index (χ1n) is 6.92. The van der Waals surface area contributed by atoms with Gasteiger partial charge < -0.3 is 10.2 Å². The summed E-state index contributed by atoms with van der Waals surface area (Å²) < 4.78 is 0. The second kappa shape index (κ2) is 5.19. The molecule has 1 saturated heterocycles. The molecule has 1 aromatic carbocycles. The summed E-state index contributed by atoms with van der Waals surface area (Å²) in [5.74, 6) is 0. The predicted octanol–water partition coefficient (Wildman–Crippen LogP) is 2.06. The molecular weight excluding hydrogens is 208 g/mol. The van der Waals surface area contributed by atoms with E-state index < -0.39 is 0 Å². The van der Waals surface area contributed by atoms with E-state index in [0.717, 1.165) is 12.1 Å². The van der Waals surface area contributed by atoms with Gasteiger partial charge in [-0.15, -0.1) is 0 Å². The molecule has 1 N–H and O–H groups in total. The van der Waals surface area contributed by atoms with Gasteiger partial charge in [0, 0.05) is 25.2 Å². The molecule has 2 heteroatoms. The van der Waals surface area contributed by atoms with Gasteiger partial charge in [0.2, 0.25) is 0 Å². The van der Waals surface area contributed by atoms with Crippen molar-refractivity contribution in [1.29, 1.82) is 0 Å². The molecule has 0 radical (unpaired) electrons. The van der Waals surface area contributed by atoms with Crippen LogP contribution in [-0.2, 0) is 6.42 Å². The number of rotatable bonds is 5. The first-order chi connectivity index (χ1) is 8.40. The fourth-order valence-electron chi connectivity index (χ4n) is 2.69. The maximum Gasteiger partial charge on any atom is 0.0209 e. The van der Waals surface area contributed by atoms with E-state index in [1.165, 1.54) is 50.9 Å². The summed E-state index contributed by atoms with van der Waals surface area (Å²) in [5, 5.41) is 3.74. The van der Waals surface area contributed by atoms with E-state index in [9.17, 15) is 0 Å². The van der Waals surface area contributed by atoms with Gasteiger partial charge in [-0.2, -0.15) is 0 Å². The van der Waals surface area contributed by atoms with Gasteiger partial charge >= 0.3 is 0 Å². The highest BCUT2D eigenvalue weighted by atomic mass is 15.2. The minimum Gasteiger partial charge on any atom is -0.310 e. The molecule has 17 heavy (non-hydrogen) atoms. The lowest BCUT2D eigenvalue weighted by Crippen LogP contribution is -2.34. The van der Waals surface area contributed by atoms with E-state index in [4.69, 9.17) is 0 Å². The zero-order valence-electron chi connectivity index (χ0n) is 10.4. The normalized spacial score (nSPS) is 25.3. The maximum atomic E-state index is 3.74. The molecule has 1 aliphatic heterocycles. The third-order valence-corrected chi connectivity index (χ3v) is 3.88. The number of nitrogens with one attached hydrogen (secondary N) is 1. The molecule has 2 fully saturated rings. The minimum atomic E-state index is 0.762. The lowest BCUT2D eigenvalue weighted by atomic mass is 10.1. The first kappa shape index (κ1) is 11.2. The number of hydrogen-bond donors (Lipinski definition) is 1. The molecule has 0 aromatic heterocycles. The van der Waals surface area contributed by atoms with Crippen molar-refractivity contribution in [2.75, 3.05) is 19.6 Å². The Kier molecular flexibility index (Phi) is 3.44. The third kappa shape index (κ3) is 3.30. The molecule has 0 spiro atoms. The van der Waals surface area contributed by atoms with Crippen LogP contribution in [0.2, 0.25) is 0 Å². The fourth-order valence-corrected chi connectivity index (χ4v) is 2.69. The van der Waals surface area contributed by atoms with Crippen LogP contribution in [0.15, 0.2) is 30.3 Å². The van der Waals surface area contributed by atoms with E-state index in [0.29, 0.717) is 0 Å². The van der Waals surface area contributed by atoms with Crippen molar-refractivity contribution in [2.45, 2.75) is 37.8 Å². The van der Waals surface area contributed by atoms with Gasteiger partial charge in [0.25, 0.3) is 0 Å². The number of likely N-dealkylation sites (tertiary alicyclic amines) is 1. The Hall–Kier alpha value is -0.860. The van der Waals surface area contributed by atoms with Gasteiger partial charge in [-0.25, -0.2) is 0 Å². The average Bonchev–Trinajstić information content (AvgIpc) is 3.06. The summed E-state index contributed by atoms with van der Waals surface area (Å²) >= 11 is 0. The van der Waals surface area contributed by atoms with Crippen LogP contribution in [0.4, 0.5) is 0 Å². The molecule has 2 aliphatic rings. The third-order valence-electron chi connectivity index (χ3n) is 3.88. The van der Waals surface area contributed by atoms with Crippen molar-refractivity contribution in [3.63, 3.8) is 0 Å². The lowest BCUT2D eigenvalue weighted by Gasteiger charge is -2.16. The van der Waals surface area contributed by atoms with E-state index in [1.54, 1.807) is 0 Å². The smallest absolute Gasteiger partial charge is 0.0209 e. The van der Waals surface area contributed by atoms with E-state index >= 15 is 0 Å². The van der Waals surface area contributed by atoms with E-state index in [-0.39, 0.29) is 0 Å². The van der Waals surface area contributed by atoms with Gasteiger partial charge in [-0.1, -0.05) is 30.3 Å². The molecule has 1 aliphatic carbocycles. The van der Waals surface area contributed by atoms with Crippen molar-refractivity contribution in [3.8, 4) is 0 Å². The molecule has 3 rings (SSSR count). The summed E-state index contributed by atoms with van der Waals surface area (Å²) in [6, 6.07) is 12.4. The SMILES string of the molecule is c1ccc(CCN2CCC(NC3CC3)C2)cc1. The van der Waals surface area contributed by atoms with Crippen LogP contribution in [0.25, 0.3) is 0 Å². The van der Waals surface area contributed by atoms with Gasteiger partial charge in [0.1, 0.15) is 0 Å². The predicted molar refractivity (Wildman–Crippen MR) is 71.1 cm³/mol. The van der Waals surface area contributed by atoms with E-state index in [2.05, 4.69) is 40.5 Å². The average molecular weight is 230 g/mol. The summed E-state index contributed by atoms with van der Waals surface area (Å²) in [5.41, 5.74) is 1.46. The molecule has 1 atom stereocenters. The largest absolute Gasteiger partial charge is 0.310 e. The Balaban J connectivity index is 1.41. The highest BCUT2D eigenvalue weighted by Gasteiger charge is 2.28. The molecule has 1 heterocycles. The standard InChI is InChI=1S/C15H22N2/c1-2-4-13(5-3-1)8-10-17-11-9-15(12-17)16-14-6-7-14/h1-5,14-16H,6-12H2. The Morgan fingerprint density at radius 2 is 1.88 bits per heavy atom. The lowest BCUT2D eigenvalue weighted by molar-refractivity contribution is 0.331. The molecule has 0 amide bonds. The number of benzene rings is 1. The van der Waals surface area contributed by atoms with Crippen LogP contribution in [0, 0.1) is 0 Å². The quantitative estimate of drug-likeness (QED) is 0.833. The van der Waals surface area contributed by atoms with Gasteiger partial charge in [0.05, 0.1) is 0 Å². The summed E-state index contributed by atoms with van der Waals surface area (Å²) in [7, 11) is 0. The maximum absolute atomic E-state index is 3.74. The minimum absolute atomic E-state index is 0.762. The van der Waals surface area contributed by atoms with Gasteiger partial charge in [-0.05, 0) is 37.8 Å². The molecule has 1 aromatic rings. The van der Waals surface area contributed by atoms with E-state index in [1.807, 2.05) is 0 Å². The Morgan fingerprint density at radius 1 is 1.06 bits per heavy atom. The molecule has 1 saturated carbocycles. The van der Waals surface area contributed by atoms with Crippen LogP contribution < -0.4 is 5.32 Å². The van der Waals surface area contributed by atoms with Crippen LogP contribution in [-0.4, -0.2) is 36.6 Å². The monoisotopic (exact) mass is 230 g/mol. The van der Waals surface area contributed by atoms with Crippen LogP contribution in [0.3, 0.4) is 0 Å². The van der Waals surface area contributed by atoms with Gasteiger partial charge in [0.15, 0.2) is 0 Å². The number of hydrogen-bond acceptors (Lipinski definition) is 2. The summed E-state index contributed by atoms with van der Waals surface area (Å²) in [4.78, 5) is 2.60. The zero-order chi connectivity index (χ0) is 11.5. The Labute approximate surface area is 104 Å². The summed E-state index contributed by atoms with van der Waals surface area (Å²) in [6.07, 6.45) is 5.34. The van der Waals surface area contributed by atoms with Crippen molar-refractivity contribution >= 4 is 0 Å². The Morgan fingerprint density at radius 3 is 2.65 bits per heavy atom.